The minimum atomic E-state index is -4.54. The Morgan fingerprint density at radius 2 is 1.22 bits per heavy atom. The van der Waals surface area contributed by atoms with Crippen LogP contribution in [0.2, 0.25) is 0 Å². The molecule has 51 heavy (non-hydrogen) atoms. The lowest BCUT2D eigenvalue weighted by Crippen LogP contribution is -2.12. The van der Waals surface area contributed by atoms with Crippen LogP contribution in [0.15, 0.2) is 73.3 Å². The topological polar surface area (TPSA) is 134 Å². The van der Waals surface area contributed by atoms with E-state index in [1.165, 1.54) is 60.7 Å². The van der Waals surface area contributed by atoms with Crippen LogP contribution in [0.4, 0.5) is 45.1 Å². The van der Waals surface area contributed by atoms with Crippen LogP contribution in [-0.4, -0.2) is 40.7 Å². The molecule has 0 aromatic carbocycles. The van der Waals surface area contributed by atoms with E-state index in [4.69, 9.17) is 17.3 Å². The number of aromatic nitrogens is 6. The number of carbonyl (C=O) groups excluding carboxylic acids is 2. The normalized spacial score (nSPS) is 11.3. The third-order valence-electron chi connectivity index (χ3n) is 6.32. The maximum Gasteiger partial charge on any atom is 0.435 e. The van der Waals surface area contributed by atoms with Crippen molar-refractivity contribution in [3.8, 4) is 21.1 Å². The number of pyridine rings is 2. The number of hydrogen-bond donors (Lipinski definition) is 2. The predicted molar refractivity (Wildman–Crippen MR) is 174 cm³/mol. The summed E-state index contributed by atoms with van der Waals surface area (Å²) in [6, 6.07) is 10.8. The van der Waals surface area contributed by atoms with Crippen LogP contribution in [0.5, 0.6) is 0 Å². The van der Waals surface area contributed by atoms with Crippen LogP contribution in [0, 0.1) is 11.6 Å². The fraction of sp³-hybridized carbons (Fsp3) is 0.133. The summed E-state index contributed by atoms with van der Waals surface area (Å²) in [5.41, 5.74) is 3.99. The average molecular weight is 777 g/mol. The summed E-state index contributed by atoms with van der Waals surface area (Å²) in [4.78, 5) is 30.6. The quantitative estimate of drug-likeness (QED) is 0.133. The SMILES string of the molecule is Cn1nc(C(F)(F)F)cc1-c1ccc(N)s1.Cn1nc(C(F)(F)F)cc1-c1ccc(NC(=O)c2ccncc2F)s1.O=C(Cl)c1ccncc1F. The van der Waals surface area contributed by atoms with Gasteiger partial charge in [0.25, 0.3) is 11.1 Å². The molecule has 6 heterocycles. The molecule has 0 spiro atoms. The molecule has 10 nitrogen and oxygen atoms in total. The van der Waals surface area contributed by atoms with Crippen molar-refractivity contribution in [1.29, 1.82) is 0 Å². The number of halogens is 9. The van der Waals surface area contributed by atoms with Gasteiger partial charge in [0.2, 0.25) is 0 Å². The molecular formula is C30H21ClF8N8O2S2. The Balaban J connectivity index is 0.000000191. The molecule has 0 radical (unpaired) electrons. The number of nitrogens with zero attached hydrogens (tertiary/aromatic N) is 6. The summed E-state index contributed by atoms with van der Waals surface area (Å²) in [6.07, 6.45) is -4.51. The number of alkyl halides is 6. The number of nitrogen functional groups attached to an aromatic ring is 1. The number of thiophene rings is 2. The van der Waals surface area contributed by atoms with Crippen molar-refractivity contribution in [2.24, 2.45) is 14.1 Å². The molecule has 0 aliphatic carbocycles. The molecule has 21 heteroatoms. The van der Waals surface area contributed by atoms with Gasteiger partial charge < -0.3 is 11.1 Å². The molecule has 6 aromatic rings. The van der Waals surface area contributed by atoms with Gasteiger partial charge in [-0.05, 0) is 60.1 Å². The molecule has 0 saturated heterocycles. The lowest BCUT2D eigenvalue weighted by Gasteiger charge is -2.03. The number of aryl methyl sites for hydroxylation is 2. The number of anilines is 2. The maximum absolute atomic E-state index is 13.5. The van der Waals surface area contributed by atoms with Gasteiger partial charge in [-0.1, -0.05) is 0 Å². The van der Waals surface area contributed by atoms with Gasteiger partial charge in [-0.2, -0.15) is 36.5 Å². The standard InChI is InChI=1S/C15H10F4N4OS.C9H8F3N3S.C6H3ClFNO/c1-23-10(6-12(22-23)15(17,18)19)11-2-3-13(25-11)21-14(24)8-4-5-20-7-9(8)16;1-15-5(6-2-3-8(13)16-6)4-7(14-15)9(10,11)12;7-6(10)4-1-2-9-3-5(4)8/h2-7H,1H3,(H,21,24);2-4H,13H2,1H3;1-3H. The number of carbonyl (C=O) groups is 2. The molecule has 3 N–H and O–H groups in total. The van der Waals surface area contributed by atoms with Gasteiger partial charge in [-0.25, -0.2) is 8.78 Å². The largest absolute Gasteiger partial charge is 0.435 e. The van der Waals surface area contributed by atoms with E-state index in [1.54, 1.807) is 18.2 Å². The Morgan fingerprint density at radius 1 is 0.745 bits per heavy atom. The maximum atomic E-state index is 13.5. The molecule has 6 aromatic heterocycles. The molecule has 0 saturated carbocycles. The van der Waals surface area contributed by atoms with Gasteiger partial charge in [0.1, 0.15) is 0 Å². The summed E-state index contributed by atoms with van der Waals surface area (Å²) >= 11 is 7.29. The van der Waals surface area contributed by atoms with Crippen LogP contribution >= 0.6 is 34.3 Å². The lowest BCUT2D eigenvalue weighted by molar-refractivity contribution is -0.142. The summed E-state index contributed by atoms with van der Waals surface area (Å²) in [5, 5.41) is 9.49. The molecule has 0 unspecified atom stereocenters. The number of nitrogens with two attached hydrogens (primary N) is 1. The number of hydrogen-bond acceptors (Lipinski definition) is 9. The van der Waals surface area contributed by atoms with Crippen molar-refractivity contribution in [3.05, 3.63) is 107 Å². The van der Waals surface area contributed by atoms with Crippen molar-refractivity contribution >= 4 is 55.4 Å². The lowest BCUT2D eigenvalue weighted by atomic mass is 10.2. The first-order valence-corrected chi connectivity index (χ1v) is 15.7. The summed E-state index contributed by atoms with van der Waals surface area (Å²) in [6.45, 7) is 0. The highest BCUT2D eigenvalue weighted by Crippen LogP contribution is 2.36. The zero-order chi connectivity index (χ0) is 37.7. The Labute approximate surface area is 295 Å². The Bertz CT molecular complexity index is 2160. The van der Waals surface area contributed by atoms with Crippen molar-refractivity contribution < 1.29 is 44.7 Å². The third-order valence-corrected chi connectivity index (χ3v) is 8.48. The van der Waals surface area contributed by atoms with E-state index < -0.39 is 46.5 Å². The molecule has 0 atom stereocenters. The second-order valence-electron chi connectivity index (χ2n) is 9.88. The van der Waals surface area contributed by atoms with Crippen molar-refractivity contribution in [1.82, 2.24) is 29.5 Å². The highest BCUT2D eigenvalue weighted by molar-refractivity contribution is 7.19. The van der Waals surface area contributed by atoms with E-state index in [0.717, 1.165) is 40.5 Å². The minimum absolute atomic E-state index is 0.142. The van der Waals surface area contributed by atoms with Crippen LogP contribution in [0.1, 0.15) is 32.1 Å². The van der Waals surface area contributed by atoms with Crippen LogP contribution in [0.25, 0.3) is 21.1 Å². The molecule has 0 fully saturated rings. The first kappa shape index (κ1) is 38.6. The Kier molecular flexibility index (Phi) is 11.9. The van der Waals surface area contributed by atoms with Crippen molar-refractivity contribution in [2.45, 2.75) is 12.4 Å². The first-order valence-electron chi connectivity index (χ1n) is 13.7. The Morgan fingerprint density at radius 3 is 1.61 bits per heavy atom. The second kappa shape index (κ2) is 15.8. The van der Waals surface area contributed by atoms with E-state index in [-0.39, 0.29) is 16.8 Å². The number of nitrogens with one attached hydrogen (secondary N) is 1. The van der Waals surface area contributed by atoms with Crippen LogP contribution in [0.3, 0.4) is 0 Å². The smallest absolute Gasteiger partial charge is 0.391 e. The van der Waals surface area contributed by atoms with Gasteiger partial charge in [-0.3, -0.25) is 28.9 Å². The van der Waals surface area contributed by atoms with Gasteiger partial charge in [0.15, 0.2) is 23.0 Å². The molecule has 1 amide bonds. The van der Waals surface area contributed by atoms with E-state index in [0.29, 0.717) is 25.5 Å². The molecule has 0 bridgehead atoms. The fourth-order valence-electron chi connectivity index (χ4n) is 3.98. The van der Waals surface area contributed by atoms with E-state index in [1.807, 2.05) is 0 Å². The third kappa shape index (κ3) is 9.95. The average Bonchev–Trinajstić information content (AvgIpc) is 3.85. The minimum Gasteiger partial charge on any atom is -0.391 e. The molecular weight excluding hydrogens is 756 g/mol. The fourth-order valence-corrected chi connectivity index (χ4v) is 5.90. The summed E-state index contributed by atoms with van der Waals surface area (Å²) in [5.74, 6) is -2.13. The molecule has 6 rings (SSSR count). The van der Waals surface area contributed by atoms with E-state index >= 15 is 0 Å². The monoisotopic (exact) mass is 776 g/mol. The zero-order valence-electron chi connectivity index (χ0n) is 25.7. The summed E-state index contributed by atoms with van der Waals surface area (Å²) in [7, 11) is 2.87. The van der Waals surface area contributed by atoms with Crippen molar-refractivity contribution in [3.63, 3.8) is 0 Å². The summed E-state index contributed by atoms with van der Waals surface area (Å²) < 4.78 is 104. The second-order valence-corrected chi connectivity index (χ2v) is 12.4. The van der Waals surface area contributed by atoms with Crippen molar-refractivity contribution in [2.75, 3.05) is 11.1 Å². The van der Waals surface area contributed by atoms with Gasteiger partial charge in [0, 0.05) is 26.5 Å². The van der Waals surface area contributed by atoms with Gasteiger partial charge in [-0.15, -0.1) is 22.7 Å². The number of amides is 1. The first-order chi connectivity index (χ1) is 23.8. The Hall–Kier alpha value is -5.21. The van der Waals surface area contributed by atoms with Gasteiger partial charge in [0.05, 0.1) is 54.7 Å². The van der Waals surface area contributed by atoms with E-state index in [9.17, 15) is 44.7 Å². The molecule has 0 aliphatic rings. The van der Waals surface area contributed by atoms with Crippen LogP contribution < -0.4 is 11.1 Å². The van der Waals surface area contributed by atoms with Gasteiger partial charge >= 0.3 is 12.4 Å². The highest BCUT2D eigenvalue weighted by atomic mass is 35.5. The molecule has 0 aliphatic heterocycles. The van der Waals surface area contributed by atoms with E-state index in [2.05, 4.69) is 25.5 Å². The predicted octanol–water partition coefficient (Wildman–Crippen LogP) is 8.30. The highest BCUT2D eigenvalue weighted by Gasteiger charge is 2.35. The number of rotatable bonds is 5. The molecule has 268 valence electrons. The van der Waals surface area contributed by atoms with Crippen LogP contribution in [-0.2, 0) is 26.4 Å². The zero-order valence-corrected chi connectivity index (χ0v) is 28.1.